The number of rotatable bonds is 9. The molecule has 1 amide bonds. The summed E-state index contributed by atoms with van der Waals surface area (Å²) in [4.78, 5) is 28.2. The zero-order chi connectivity index (χ0) is 26.5. The van der Waals surface area contributed by atoms with Crippen molar-refractivity contribution in [1.29, 1.82) is 0 Å². The van der Waals surface area contributed by atoms with E-state index in [1.165, 1.54) is 19.1 Å². The van der Waals surface area contributed by atoms with E-state index < -0.39 is 17.7 Å². The third kappa shape index (κ3) is 5.09. The molecule has 1 heterocycles. The minimum absolute atomic E-state index is 0.0145. The normalized spacial score (nSPS) is 16.5. The van der Waals surface area contributed by atoms with Crippen molar-refractivity contribution < 1.29 is 33.6 Å². The zero-order valence-corrected chi connectivity index (χ0v) is 21.2. The molecule has 0 aromatic heterocycles. The zero-order valence-electron chi connectivity index (χ0n) is 21.2. The van der Waals surface area contributed by atoms with Gasteiger partial charge in [-0.25, -0.2) is 0 Å². The molecule has 8 nitrogen and oxygen atoms in total. The molecule has 1 N–H and O–H groups in total. The van der Waals surface area contributed by atoms with Gasteiger partial charge in [0.2, 0.25) is 0 Å². The molecule has 8 heteroatoms. The lowest BCUT2D eigenvalue weighted by atomic mass is 9.94. The summed E-state index contributed by atoms with van der Waals surface area (Å²) in [6.07, 6.45) is 0. The average Bonchev–Trinajstić information content (AvgIpc) is 3.17. The number of aliphatic hydroxyl groups excluding tert-OH is 1. The molecule has 1 fully saturated rings. The van der Waals surface area contributed by atoms with Gasteiger partial charge in [-0.15, -0.1) is 0 Å². The third-order valence-electron chi connectivity index (χ3n) is 6.19. The Balaban J connectivity index is 1.86. The van der Waals surface area contributed by atoms with Gasteiger partial charge in [0, 0.05) is 12.1 Å². The lowest BCUT2D eigenvalue weighted by molar-refractivity contribution is -0.140. The smallest absolute Gasteiger partial charge is 0.295 e. The highest BCUT2D eigenvalue weighted by molar-refractivity contribution is 6.46. The second kappa shape index (κ2) is 11.1. The molecule has 3 aromatic carbocycles. The van der Waals surface area contributed by atoms with Crippen molar-refractivity contribution in [3.63, 3.8) is 0 Å². The maximum atomic E-state index is 13.4. The van der Waals surface area contributed by atoms with Crippen molar-refractivity contribution in [3.8, 4) is 23.0 Å². The van der Waals surface area contributed by atoms with Gasteiger partial charge in [-0.3, -0.25) is 9.59 Å². The molecule has 0 bridgehead atoms. The van der Waals surface area contributed by atoms with Crippen LogP contribution in [-0.4, -0.2) is 49.6 Å². The molecule has 1 aliphatic heterocycles. The molecule has 3 aromatic rings. The SMILES string of the molecule is CCOc1cccc(/C(O)=C2/C(=O)C(=O)N(Cc3ccc(OC)cc3)C2c2ccc(OC)c(OC)c2)c1. The summed E-state index contributed by atoms with van der Waals surface area (Å²) >= 11 is 0. The number of aliphatic hydroxyl groups is 1. The number of hydrogen-bond acceptors (Lipinski definition) is 7. The van der Waals surface area contributed by atoms with Crippen LogP contribution in [-0.2, 0) is 16.1 Å². The second-order valence-electron chi connectivity index (χ2n) is 8.35. The molecular weight excluding hydrogens is 474 g/mol. The van der Waals surface area contributed by atoms with Crippen LogP contribution in [0.25, 0.3) is 5.76 Å². The van der Waals surface area contributed by atoms with E-state index in [2.05, 4.69) is 0 Å². The summed E-state index contributed by atoms with van der Waals surface area (Å²) < 4.78 is 21.6. The number of likely N-dealkylation sites (tertiary alicyclic amines) is 1. The van der Waals surface area contributed by atoms with Gasteiger partial charge in [0.05, 0.1) is 39.6 Å². The monoisotopic (exact) mass is 503 g/mol. The number of benzene rings is 3. The Kier molecular flexibility index (Phi) is 7.67. The number of hydrogen-bond donors (Lipinski definition) is 1. The Labute approximate surface area is 215 Å². The molecule has 0 radical (unpaired) electrons. The van der Waals surface area contributed by atoms with Gasteiger partial charge in [0.15, 0.2) is 11.5 Å². The number of methoxy groups -OCH3 is 3. The predicted octanol–water partition coefficient (Wildman–Crippen LogP) is 4.73. The Morgan fingerprint density at radius 3 is 2.24 bits per heavy atom. The highest BCUT2D eigenvalue weighted by atomic mass is 16.5. The van der Waals surface area contributed by atoms with Crippen molar-refractivity contribution in [3.05, 3.63) is 89.0 Å². The van der Waals surface area contributed by atoms with E-state index in [1.54, 1.807) is 61.7 Å². The van der Waals surface area contributed by atoms with Crippen molar-refractivity contribution >= 4 is 17.4 Å². The summed E-state index contributed by atoms with van der Waals surface area (Å²) in [6, 6.07) is 18.3. The van der Waals surface area contributed by atoms with Crippen LogP contribution in [0.1, 0.15) is 29.7 Å². The number of nitrogens with zero attached hydrogens (tertiary/aromatic N) is 1. The number of ketones is 1. The molecular formula is C29H29NO7. The fraction of sp³-hybridized carbons (Fsp3) is 0.241. The molecule has 192 valence electrons. The molecule has 4 rings (SSSR count). The van der Waals surface area contributed by atoms with Crippen LogP contribution in [0.3, 0.4) is 0 Å². The van der Waals surface area contributed by atoms with Crippen LogP contribution in [0.15, 0.2) is 72.3 Å². The van der Waals surface area contributed by atoms with E-state index >= 15 is 0 Å². The number of carbonyl (C=O) groups excluding carboxylic acids is 2. The summed E-state index contributed by atoms with van der Waals surface area (Å²) in [7, 11) is 4.61. The van der Waals surface area contributed by atoms with Crippen LogP contribution in [0, 0.1) is 0 Å². The van der Waals surface area contributed by atoms with Gasteiger partial charge in [-0.1, -0.05) is 30.3 Å². The number of ether oxygens (including phenoxy) is 4. The molecule has 1 unspecified atom stereocenters. The minimum atomic E-state index is -0.863. The van der Waals surface area contributed by atoms with Gasteiger partial charge in [-0.05, 0) is 54.4 Å². The van der Waals surface area contributed by atoms with Crippen LogP contribution in [0.5, 0.6) is 23.0 Å². The first-order valence-electron chi connectivity index (χ1n) is 11.8. The van der Waals surface area contributed by atoms with Crippen molar-refractivity contribution in [2.75, 3.05) is 27.9 Å². The van der Waals surface area contributed by atoms with Gasteiger partial charge >= 0.3 is 0 Å². The molecule has 1 aliphatic rings. The first kappa shape index (κ1) is 25.6. The Morgan fingerprint density at radius 2 is 1.59 bits per heavy atom. The highest BCUT2D eigenvalue weighted by Crippen LogP contribution is 2.43. The number of Topliss-reactive ketones (excluding diaryl/α,β-unsaturated/α-hetero) is 1. The maximum Gasteiger partial charge on any atom is 0.295 e. The highest BCUT2D eigenvalue weighted by Gasteiger charge is 2.46. The summed E-state index contributed by atoms with van der Waals surface area (Å²) in [5.74, 6) is 0.400. The van der Waals surface area contributed by atoms with Gasteiger partial charge in [0.1, 0.15) is 17.3 Å². The second-order valence-corrected chi connectivity index (χ2v) is 8.35. The van der Waals surface area contributed by atoms with Crippen LogP contribution >= 0.6 is 0 Å². The Bertz CT molecular complexity index is 1330. The molecule has 0 spiro atoms. The molecule has 0 saturated carbocycles. The van der Waals surface area contributed by atoms with E-state index in [0.29, 0.717) is 40.7 Å². The van der Waals surface area contributed by atoms with Crippen LogP contribution < -0.4 is 18.9 Å². The van der Waals surface area contributed by atoms with Gasteiger partial charge < -0.3 is 29.0 Å². The van der Waals surface area contributed by atoms with E-state index in [9.17, 15) is 14.7 Å². The van der Waals surface area contributed by atoms with Crippen LogP contribution in [0.4, 0.5) is 0 Å². The van der Waals surface area contributed by atoms with Crippen molar-refractivity contribution in [1.82, 2.24) is 4.90 Å². The lowest BCUT2D eigenvalue weighted by Crippen LogP contribution is -2.29. The molecule has 1 saturated heterocycles. The fourth-order valence-corrected chi connectivity index (χ4v) is 4.40. The molecule has 1 atom stereocenters. The van der Waals surface area contributed by atoms with Gasteiger partial charge in [0.25, 0.3) is 11.7 Å². The number of carbonyl (C=O) groups is 2. The quantitative estimate of drug-likeness (QED) is 0.256. The number of amides is 1. The van der Waals surface area contributed by atoms with Gasteiger partial charge in [-0.2, -0.15) is 0 Å². The standard InChI is InChI=1S/C29H29NO7/c1-5-37-22-8-6-7-20(15-22)27(31)25-26(19-11-14-23(35-3)24(16-19)36-4)30(29(33)28(25)32)17-18-9-12-21(34-2)13-10-18/h6-16,26,31H,5,17H2,1-4H3/b27-25-. The first-order chi connectivity index (χ1) is 17.9. The lowest BCUT2D eigenvalue weighted by Gasteiger charge is -2.26. The average molecular weight is 504 g/mol. The fourth-order valence-electron chi connectivity index (χ4n) is 4.40. The van der Waals surface area contributed by atoms with E-state index in [0.717, 1.165) is 5.56 Å². The largest absolute Gasteiger partial charge is 0.507 e. The third-order valence-corrected chi connectivity index (χ3v) is 6.19. The molecule has 37 heavy (non-hydrogen) atoms. The summed E-state index contributed by atoms with van der Waals surface area (Å²) in [5, 5.41) is 11.4. The topological polar surface area (TPSA) is 94.5 Å². The summed E-state index contributed by atoms with van der Waals surface area (Å²) in [5.41, 5.74) is 1.75. The Hall–Kier alpha value is -4.46. The van der Waals surface area contributed by atoms with E-state index in [4.69, 9.17) is 18.9 Å². The van der Waals surface area contributed by atoms with E-state index in [1.807, 2.05) is 19.1 Å². The minimum Gasteiger partial charge on any atom is -0.507 e. The molecule has 0 aliphatic carbocycles. The van der Waals surface area contributed by atoms with Crippen molar-refractivity contribution in [2.45, 2.75) is 19.5 Å². The maximum absolute atomic E-state index is 13.4. The van der Waals surface area contributed by atoms with Crippen molar-refractivity contribution in [2.24, 2.45) is 0 Å². The Morgan fingerprint density at radius 1 is 0.865 bits per heavy atom. The summed E-state index contributed by atoms with van der Waals surface area (Å²) in [6.45, 7) is 2.44. The predicted molar refractivity (Wildman–Crippen MR) is 138 cm³/mol. The van der Waals surface area contributed by atoms with E-state index in [-0.39, 0.29) is 17.9 Å². The van der Waals surface area contributed by atoms with Crippen LogP contribution in [0.2, 0.25) is 0 Å². The first-order valence-corrected chi connectivity index (χ1v) is 11.8.